The monoisotopic (exact) mass is 596 g/mol. The summed E-state index contributed by atoms with van der Waals surface area (Å²) in [4.78, 5) is 0. The smallest absolute Gasteiger partial charge is 0.174 e. The SMILES string of the molecule is Nc1cc(F)ccc1Oc1c(C23CC4CC(CC(C4)C2)C3)ccc(C23CC4CC(CC(C4)C2)C3)c1Oc1ccc(F)cc1N. The second-order valence-corrected chi connectivity index (χ2v) is 15.8. The lowest BCUT2D eigenvalue weighted by atomic mass is 9.47. The maximum Gasteiger partial charge on any atom is 0.174 e. The average molecular weight is 597 g/mol. The molecule has 11 rings (SSSR count). The minimum Gasteiger partial charge on any atom is -0.451 e. The van der Waals surface area contributed by atoms with Crippen LogP contribution in [0.5, 0.6) is 23.0 Å². The molecule has 0 amide bonds. The largest absolute Gasteiger partial charge is 0.451 e. The van der Waals surface area contributed by atoms with Crippen molar-refractivity contribution in [2.45, 2.75) is 87.9 Å². The minimum absolute atomic E-state index is 0.00528. The summed E-state index contributed by atoms with van der Waals surface area (Å²) >= 11 is 0. The molecule has 0 radical (unpaired) electrons. The van der Waals surface area contributed by atoms with Crippen LogP contribution in [0.15, 0.2) is 48.5 Å². The third-order valence-corrected chi connectivity index (χ3v) is 12.7. The van der Waals surface area contributed by atoms with Crippen LogP contribution in [-0.4, -0.2) is 0 Å². The summed E-state index contributed by atoms with van der Waals surface area (Å²) in [5, 5.41) is 0. The maximum absolute atomic E-state index is 14.2. The van der Waals surface area contributed by atoms with Crippen molar-refractivity contribution < 1.29 is 18.3 Å². The Bertz CT molecular complexity index is 1460. The summed E-state index contributed by atoms with van der Waals surface area (Å²) in [6.07, 6.45) is 14.9. The molecule has 8 bridgehead atoms. The third kappa shape index (κ3) is 4.26. The summed E-state index contributed by atoms with van der Waals surface area (Å²) in [7, 11) is 0. The summed E-state index contributed by atoms with van der Waals surface area (Å²) in [5.74, 6) is 5.90. The van der Waals surface area contributed by atoms with Crippen LogP contribution >= 0.6 is 0 Å². The van der Waals surface area contributed by atoms with E-state index in [1.807, 2.05) is 0 Å². The Morgan fingerprint density at radius 1 is 0.500 bits per heavy atom. The van der Waals surface area contributed by atoms with Gasteiger partial charge in [0, 0.05) is 23.3 Å². The number of benzene rings is 3. The highest BCUT2D eigenvalue weighted by atomic mass is 19.1. The van der Waals surface area contributed by atoms with Crippen LogP contribution in [0.4, 0.5) is 20.2 Å². The maximum atomic E-state index is 14.2. The lowest BCUT2D eigenvalue weighted by Crippen LogP contribution is -2.49. The van der Waals surface area contributed by atoms with Crippen LogP contribution in [0, 0.1) is 47.1 Å². The van der Waals surface area contributed by atoms with Crippen molar-refractivity contribution in [3.05, 3.63) is 71.3 Å². The van der Waals surface area contributed by atoms with Crippen LogP contribution in [0.25, 0.3) is 0 Å². The van der Waals surface area contributed by atoms with Crippen molar-refractivity contribution >= 4 is 11.4 Å². The predicted molar refractivity (Wildman–Crippen MR) is 168 cm³/mol. The van der Waals surface area contributed by atoms with Gasteiger partial charge in [0.2, 0.25) is 0 Å². The molecular formula is C38H42F2N2O2. The molecule has 8 saturated carbocycles. The number of halogens is 2. The molecule has 8 aliphatic carbocycles. The molecule has 0 heterocycles. The first-order valence-electron chi connectivity index (χ1n) is 16.9. The number of hydrogen-bond donors (Lipinski definition) is 2. The summed E-state index contributed by atoms with van der Waals surface area (Å²) in [6.45, 7) is 0. The van der Waals surface area contributed by atoms with Crippen LogP contribution in [0.1, 0.15) is 88.2 Å². The van der Waals surface area contributed by atoms with Gasteiger partial charge >= 0.3 is 0 Å². The molecule has 3 aromatic rings. The number of ether oxygens (including phenoxy) is 2. The molecule has 8 fully saturated rings. The van der Waals surface area contributed by atoms with Gasteiger partial charge in [0.05, 0.1) is 11.4 Å². The fourth-order valence-corrected chi connectivity index (χ4v) is 11.9. The second kappa shape index (κ2) is 9.61. The van der Waals surface area contributed by atoms with E-state index in [0.717, 1.165) is 74.0 Å². The molecule has 8 aliphatic rings. The fraction of sp³-hybridized carbons (Fsp3) is 0.526. The number of hydrogen-bond acceptors (Lipinski definition) is 4. The lowest BCUT2D eigenvalue weighted by Gasteiger charge is -2.58. The zero-order valence-electron chi connectivity index (χ0n) is 25.3. The van der Waals surface area contributed by atoms with Gasteiger partial charge in [-0.2, -0.15) is 0 Å². The Morgan fingerprint density at radius 3 is 1.11 bits per heavy atom. The van der Waals surface area contributed by atoms with E-state index < -0.39 is 11.6 Å². The Morgan fingerprint density at radius 2 is 0.818 bits per heavy atom. The molecule has 0 atom stereocenters. The first-order valence-corrected chi connectivity index (χ1v) is 16.9. The Hall–Kier alpha value is -3.28. The van der Waals surface area contributed by atoms with Crippen LogP contribution in [-0.2, 0) is 10.8 Å². The quantitative estimate of drug-likeness (QED) is 0.278. The molecule has 4 N–H and O–H groups in total. The van der Waals surface area contributed by atoms with Crippen LogP contribution < -0.4 is 20.9 Å². The van der Waals surface area contributed by atoms with Gasteiger partial charge in [0.15, 0.2) is 23.0 Å². The first kappa shape index (κ1) is 27.1. The lowest BCUT2D eigenvalue weighted by molar-refractivity contribution is -0.00832. The van der Waals surface area contributed by atoms with Crippen LogP contribution in [0.2, 0.25) is 0 Å². The Labute approximate surface area is 258 Å². The van der Waals surface area contributed by atoms with Gasteiger partial charge in [-0.3, -0.25) is 0 Å². The fourth-order valence-electron chi connectivity index (χ4n) is 11.9. The van der Waals surface area contributed by atoms with E-state index in [1.54, 1.807) is 12.1 Å². The molecule has 44 heavy (non-hydrogen) atoms. The molecule has 4 nitrogen and oxygen atoms in total. The summed E-state index contributed by atoms with van der Waals surface area (Å²) in [5.41, 5.74) is 15.7. The van der Waals surface area contributed by atoms with Crippen molar-refractivity contribution in [2.75, 3.05) is 11.5 Å². The van der Waals surface area contributed by atoms with Gasteiger partial charge in [-0.25, -0.2) is 8.78 Å². The number of anilines is 2. The summed E-state index contributed by atoms with van der Waals surface area (Å²) < 4.78 is 42.2. The average Bonchev–Trinajstić information content (AvgIpc) is 2.95. The van der Waals surface area contributed by atoms with E-state index >= 15 is 0 Å². The van der Waals surface area contributed by atoms with Gasteiger partial charge < -0.3 is 20.9 Å². The highest BCUT2D eigenvalue weighted by Gasteiger charge is 2.55. The standard InChI is InChI=1S/C38H42F2N2O2/c39-27-1-5-33(31(41)13-27)43-35-29(37-15-21-7-22(16-37)9-23(8-21)17-37)3-4-30(36(35)44-34-6-2-28(40)14-32(34)42)38-18-24-10-25(19-38)12-26(11-24)20-38/h1-6,13-14,21-26H,7-12,15-20,41-42H2. The minimum atomic E-state index is -0.394. The van der Waals surface area contributed by atoms with Gasteiger partial charge in [-0.1, -0.05) is 12.1 Å². The van der Waals surface area contributed by atoms with Crippen molar-refractivity contribution in [3.63, 3.8) is 0 Å². The van der Waals surface area contributed by atoms with Gasteiger partial charge in [0.25, 0.3) is 0 Å². The zero-order valence-corrected chi connectivity index (χ0v) is 25.3. The molecule has 230 valence electrons. The third-order valence-electron chi connectivity index (χ3n) is 12.7. The van der Waals surface area contributed by atoms with Gasteiger partial charge in [0.1, 0.15) is 11.6 Å². The predicted octanol–water partition coefficient (Wildman–Crippen LogP) is 9.65. The van der Waals surface area contributed by atoms with Crippen molar-refractivity contribution in [1.29, 1.82) is 0 Å². The molecule has 6 heteroatoms. The second-order valence-electron chi connectivity index (χ2n) is 15.8. The van der Waals surface area contributed by atoms with E-state index in [9.17, 15) is 8.78 Å². The first-order chi connectivity index (χ1) is 21.2. The normalized spacial score (nSPS) is 36.1. The van der Waals surface area contributed by atoms with E-state index in [4.69, 9.17) is 20.9 Å². The van der Waals surface area contributed by atoms with Crippen LogP contribution in [0.3, 0.4) is 0 Å². The highest BCUT2D eigenvalue weighted by Crippen LogP contribution is 2.66. The molecule has 0 aliphatic heterocycles. The Kier molecular flexibility index (Phi) is 5.91. The molecule has 0 aromatic heterocycles. The number of rotatable bonds is 6. The molecule has 0 unspecified atom stereocenters. The van der Waals surface area contributed by atoms with E-state index in [0.29, 0.717) is 23.0 Å². The van der Waals surface area contributed by atoms with Crippen molar-refractivity contribution in [1.82, 2.24) is 0 Å². The Balaban J connectivity index is 1.27. The molecule has 0 saturated heterocycles. The van der Waals surface area contributed by atoms with E-state index in [2.05, 4.69) is 12.1 Å². The topological polar surface area (TPSA) is 70.5 Å². The highest BCUT2D eigenvalue weighted by molar-refractivity contribution is 5.64. The molecular weight excluding hydrogens is 554 g/mol. The van der Waals surface area contributed by atoms with Crippen molar-refractivity contribution in [3.8, 4) is 23.0 Å². The summed E-state index contributed by atoms with van der Waals surface area (Å²) in [6, 6.07) is 13.4. The zero-order chi connectivity index (χ0) is 29.8. The van der Waals surface area contributed by atoms with Gasteiger partial charge in [-0.05, 0) is 148 Å². The van der Waals surface area contributed by atoms with E-state index in [1.165, 1.54) is 73.9 Å². The van der Waals surface area contributed by atoms with Crippen molar-refractivity contribution in [2.24, 2.45) is 35.5 Å². The number of nitrogen functional groups attached to an aromatic ring is 2. The van der Waals surface area contributed by atoms with E-state index in [-0.39, 0.29) is 22.2 Å². The molecule has 0 spiro atoms. The van der Waals surface area contributed by atoms with Gasteiger partial charge in [-0.15, -0.1) is 0 Å². The molecule has 3 aromatic carbocycles. The number of nitrogens with two attached hydrogens (primary N) is 2.